The van der Waals surface area contributed by atoms with Gasteiger partial charge in [0.1, 0.15) is 10.7 Å². The smallest absolute Gasteiger partial charge is 0.268 e. The zero-order valence-electron chi connectivity index (χ0n) is 15.8. The van der Waals surface area contributed by atoms with Gasteiger partial charge in [0.15, 0.2) is 0 Å². The van der Waals surface area contributed by atoms with E-state index < -0.39 is 11.9 Å². The predicted molar refractivity (Wildman–Crippen MR) is 115 cm³/mol. The van der Waals surface area contributed by atoms with Crippen LogP contribution in [0.3, 0.4) is 0 Å². The van der Waals surface area contributed by atoms with Gasteiger partial charge in [-0.05, 0) is 48.3 Å². The van der Waals surface area contributed by atoms with E-state index in [9.17, 15) is 4.79 Å². The predicted octanol–water partition coefficient (Wildman–Crippen LogP) is 4.62. The first-order valence-corrected chi connectivity index (χ1v) is 10.5. The monoisotopic (exact) mass is 391 g/mol. The number of hydrogen-bond donors (Lipinski definition) is 2. The van der Waals surface area contributed by atoms with E-state index in [4.69, 9.17) is 11.5 Å². The molecule has 0 radical (unpaired) electrons. The van der Waals surface area contributed by atoms with Crippen molar-refractivity contribution in [1.82, 2.24) is 4.98 Å². The van der Waals surface area contributed by atoms with Crippen molar-refractivity contribution in [3.8, 4) is 0 Å². The van der Waals surface area contributed by atoms with Crippen LogP contribution in [-0.2, 0) is 0 Å². The number of fused-ring (bicyclic) bond motifs is 1. The largest absolute Gasteiger partial charge is 0.364 e. The molecule has 3 atom stereocenters. The first-order chi connectivity index (χ1) is 13.5. The summed E-state index contributed by atoms with van der Waals surface area (Å²) in [5, 5.41) is 0.692. The molecular formula is C23H25N3OS. The Kier molecular flexibility index (Phi) is 5.29. The Hall–Kier alpha value is -2.50. The number of aromatic nitrogens is 1. The Morgan fingerprint density at radius 1 is 1.29 bits per heavy atom. The Labute approximate surface area is 169 Å². The molecule has 3 aliphatic carbocycles. The van der Waals surface area contributed by atoms with Gasteiger partial charge >= 0.3 is 0 Å². The van der Waals surface area contributed by atoms with Gasteiger partial charge in [-0.25, -0.2) is 4.98 Å². The average molecular weight is 392 g/mol. The molecule has 4 N–H and O–H groups in total. The SMILES string of the molecule is C=C(C1=CCC2CCC=CC2=C1)[C@@H](N)c1nc(C(N)=O)c(C2C=CC=CC2)s1. The van der Waals surface area contributed by atoms with E-state index in [1.807, 2.05) is 12.2 Å². The van der Waals surface area contributed by atoms with Gasteiger partial charge in [0.2, 0.25) is 0 Å². The summed E-state index contributed by atoms with van der Waals surface area (Å²) in [4.78, 5) is 17.4. The van der Waals surface area contributed by atoms with Crippen molar-refractivity contribution >= 4 is 17.2 Å². The van der Waals surface area contributed by atoms with Crippen LogP contribution in [0.5, 0.6) is 0 Å². The Balaban J connectivity index is 1.60. The van der Waals surface area contributed by atoms with E-state index in [-0.39, 0.29) is 5.92 Å². The van der Waals surface area contributed by atoms with E-state index in [2.05, 4.69) is 48.0 Å². The molecular weight excluding hydrogens is 366 g/mol. The van der Waals surface area contributed by atoms with Crippen LogP contribution < -0.4 is 11.5 Å². The number of nitrogens with two attached hydrogens (primary N) is 2. The molecule has 1 amide bonds. The molecule has 1 aromatic rings. The van der Waals surface area contributed by atoms with E-state index >= 15 is 0 Å². The number of hydrogen-bond acceptors (Lipinski definition) is 4. The highest BCUT2D eigenvalue weighted by molar-refractivity contribution is 7.12. The highest BCUT2D eigenvalue weighted by Gasteiger charge is 2.27. The van der Waals surface area contributed by atoms with Crippen LogP contribution in [0, 0.1) is 5.92 Å². The molecule has 1 heterocycles. The molecule has 0 saturated heterocycles. The highest BCUT2D eigenvalue weighted by Crippen LogP contribution is 2.39. The summed E-state index contributed by atoms with van der Waals surface area (Å²) in [6.07, 6.45) is 21.2. The fourth-order valence-electron chi connectivity index (χ4n) is 3.98. The van der Waals surface area contributed by atoms with E-state index in [1.165, 1.54) is 23.3 Å². The summed E-state index contributed by atoms with van der Waals surface area (Å²) in [6.45, 7) is 4.25. The first kappa shape index (κ1) is 18.8. The lowest BCUT2D eigenvalue weighted by Crippen LogP contribution is -2.18. The number of allylic oxidation sites excluding steroid dienone is 9. The van der Waals surface area contributed by atoms with Gasteiger partial charge in [-0.15, -0.1) is 11.3 Å². The average Bonchev–Trinajstić information content (AvgIpc) is 3.19. The van der Waals surface area contributed by atoms with Crippen LogP contribution >= 0.6 is 11.3 Å². The van der Waals surface area contributed by atoms with E-state index in [0.717, 1.165) is 35.3 Å². The molecule has 0 aliphatic heterocycles. The molecule has 0 aromatic carbocycles. The first-order valence-electron chi connectivity index (χ1n) is 9.71. The normalized spacial score (nSPS) is 24.3. The quantitative estimate of drug-likeness (QED) is 0.768. The van der Waals surface area contributed by atoms with Gasteiger partial charge in [0.25, 0.3) is 5.91 Å². The third kappa shape index (κ3) is 3.60. The lowest BCUT2D eigenvalue weighted by molar-refractivity contribution is 0.0995. The standard InChI is InChI=1S/C23H25N3OS/c1-14(17-12-11-15-7-5-6-10-18(15)13-17)19(24)23-26-20(22(25)27)21(28-23)16-8-3-2-4-9-16/h2-4,6,8,10,12-13,15-16,19H,1,5,7,9,11,24H2,(H2,25,27)/t15?,16?,19-/m1/s1. The van der Waals surface area contributed by atoms with Gasteiger partial charge in [0, 0.05) is 10.8 Å². The maximum atomic E-state index is 12.0. The molecule has 144 valence electrons. The van der Waals surface area contributed by atoms with Crippen LogP contribution in [0.15, 0.2) is 71.9 Å². The van der Waals surface area contributed by atoms with Crippen molar-refractivity contribution < 1.29 is 4.79 Å². The summed E-state index contributed by atoms with van der Waals surface area (Å²) >= 11 is 1.47. The maximum Gasteiger partial charge on any atom is 0.268 e. The number of carbonyl (C=O) groups is 1. The minimum absolute atomic E-state index is 0.114. The topological polar surface area (TPSA) is 82.0 Å². The molecule has 2 unspecified atom stereocenters. The summed E-state index contributed by atoms with van der Waals surface area (Å²) in [6, 6.07) is -0.452. The molecule has 0 saturated carbocycles. The molecule has 4 nitrogen and oxygen atoms in total. The van der Waals surface area contributed by atoms with Gasteiger partial charge in [0.05, 0.1) is 6.04 Å². The zero-order chi connectivity index (χ0) is 19.7. The van der Waals surface area contributed by atoms with Gasteiger partial charge in [-0.2, -0.15) is 0 Å². The molecule has 28 heavy (non-hydrogen) atoms. The second-order valence-electron chi connectivity index (χ2n) is 7.50. The van der Waals surface area contributed by atoms with Crippen molar-refractivity contribution in [2.45, 2.75) is 37.6 Å². The van der Waals surface area contributed by atoms with Gasteiger partial charge < -0.3 is 11.5 Å². The van der Waals surface area contributed by atoms with Crippen molar-refractivity contribution in [2.24, 2.45) is 17.4 Å². The van der Waals surface area contributed by atoms with Crippen LogP contribution in [-0.4, -0.2) is 10.9 Å². The van der Waals surface area contributed by atoms with Crippen LogP contribution in [0.2, 0.25) is 0 Å². The van der Waals surface area contributed by atoms with Crippen LogP contribution in [0.25, 0.3) is 0 Å². The lowest BCUT2D eigenvalue weighted by atomic mass is 9.80. The van der Waals surface area contributed by atoms with Crippen LogP contribution in [0.4, 0.5) is 0 Å². The third-order valence-corrected chi connectivity index (χ3v) is 6.91. The van der Waals surface area contributed by atoms with Gasteiger partial charge in [-0.3, -0.25) is 4.79 Å². The number of rotatable bonds is 5. The Bertz CT molecular complexity index is 960. The number of primary amides is 1. The number of carbonyl (C=O) groups excluding carboxylic acids is 1. The van der Waals surface area contributed by atoms with Crippen molar-refractivity contribution in [1.29, 1.82) is 0 Å². The minimum atomic E-state index is -0.507. The van der Waals surface area contributed by atoms with E-state index in [0.29, 0.717) is 16.6 Å². The summed E-state index contributed by atoms with van der Waals surface area (Å²) in [7, 11) is 0. The second-order valence-corrected chi connectivity index (χ2v) is 8.57. The molecule has 4 rings (SSSR count). The molecule has 5 heteroatoms. The summed E-state index contributed by atoms with van der Waals surface area (Å²) in [5.41, 5.74) is 15.7. The Morgan fingerprint density at radius 3 is 2.89 bits per heavy atom. The lowest BCUT2D eigenvalue weighted by Gasteiger charge is -2.26. The molecule has 3 aliphatic rings. The minimum Gasteiger partial charge on any atom is -0.364 e. The maximum absolute atomic E-state index is 12.0. The van der Waals surface area contributed by atoms with Crippen molar-refractivity contribution in [2.75, 3.05) is 0 Å². The fraction of sp³-hybridized carbons (Fsp3) is 0.304. The molecule has 1 aromatic heterocycles. The Morgan fingerprint density at radius 2 is 2.14 bits per heavy atom. The van der Waals surface area contributed by atoms with Crippen molar-refractivity contribution in [3.05, 3.63) is 87.5 Å². The van der Waals surface area contributed by atoms with Gasteiger partial charge in [-0.1, -0.05) is 55.2 Å². The summed E-state index contributed by atoms with van der Waals surface area (Å²) in [5.74, 6) is 0.215. The highest BCUT2D eigenvalue weighted by atomic mass is 32.1. The van der Waals surface area contributed by atoms with Crippen molar-refractivity contribution in [3.63, 3.8) is 0 Å². The molecule has 0 spiro atoms. The van der Waals surface area contributed by atoms with E-state index in [1.54, 1.807) is 0 Å². The fourth-order valence-corrected chi connectivity index (χ4v) is 5.19. The third-order valence-electron chi connectivity index (χ3n) is 5.64. The number of amides is 1. The second kappa shape index (κ2) is 7.86. The molecule has 0 fully saturated rings. The zero-order valence-corrected chi connectivity index (χ0v) is 16.6. The molecule has 0 bridgehead atoms. The number of nitrogens with zero attached hydrogens (tertiary/aromatic N) is 1. The van der Waals surface area contributed by atoms with Crippen LogP contribution in [0.1, 0.15) is 58.0 Å². The number of thiazole rings is 1. The summed E-state index contributed by atoms with van der Waals surface area (Å²) < 4.78 is 0.